The van der Waals surface area contributed by atoms with Crippen molar-refractivity contribution in [1.82, 2.24) is 4.90 Å². The first-order valence-electron chi connectivity index (χ1n) is 8.40. The highest BCUT2D eigenvalue weighted by Crippen LogP contribution is 2.43. The Morgan fingerprint density at radius 2 is 1.90 bits per heavy atom. The van der Waals surface area contributed by atoms with E-state index >= 15 is 0 Å². The van der Waals surface area contributed by atoms with Gasteiger partial charge in [0.25, 0.3) is 0 Å². The Morgan fingerprint density at radius 3 is 2.57 bits per heavy atom. The van der Waals surface area contributed by atoms with E-state index < -0.39 is 0 Å². The molecule has 3 rings (SSSR count). The van der Waals surface area contributed by atoms with E-state index in [0.717, 1.165) is 30.9 Å². The topological polar surface area (TPSA) is 38.5 Å². The van der Waals surface area contributed by atoms with Crippen LogP contribution in [-0.2, 0) is 0 Å². The summed E-state index contributed by atoms with van der Waals surface area (Å²) in [5.41, 5.74) is 7.84. The van der Waals surface area contributed by atoms with Crippen molar-refractivity contribution in [3.63, 3.8) is 0 Å². The molecule has 0 spiro atoms. The zero-order valence-electron chi connectivity index (χ0n) is 13.3. The van der Waals surface area contributed by atoms with Gasteiger partial charge in [-0.2, -0.15) is 0 Å². The van der Waals surface area contributed by atoms with Gasteiger partial charge in [-0.3, -0.25) is 0 Å². The van der Waals surface area contributed by atoms with Gasteiger partial charge < -0.3 is 15.4 Å². The Labute approximate surface area is 128 Å². The highest BCUT2D eigenvalue weighted by Gasteiger charge is 2.40. The Balaban J connectivity index is 1.75. The molecule has 3 unspecified atom stereocenters. The SMILES string of the molecule is CCCOc1ccccc1C(N)C1CC2CCC(C1)N2C. The summed E-state index contributed by atoms with van der Waals surface area (Å²) in [6, 6.07) is 9.92. The van der Waals surface area contributed by atoms with E-state index in [0.29, 0.717) is 5.92 Å². The molecule has 3 nitrogen and oxygen atoms in total. The van der Waals surface area contributed by atoms with Crippen LogP contribution in [0.15, 0.2) is 24.3 Å². The van der Waals surface area contributed by atoms with Gasteiger partial charge >= 0.3 is 0 Å². The molecule has 116 valence electrons. The van der Waals surface area contributed by atoms with Crippen molar-refractivity contribution in [3.05, 3.63) is 29.8 Å². The van der Waals surface area contributed by atoms with Crippen LogP contribution in [0.1, 0.15) is 50.6 Å². The quantitative estimate of drug-likeness (QED) is 0.903. The van der Waals surface area contributed by atoms with Crippen molar-refractivity contribution in [1.29, 1.82) is 0 Å². The summed E-state index contributed by atoms with van der Waals surface area (Å²) in [6.07, 6.45) is 6.19. The summed E-state index contributed by atoms with van der Waals surface area (Å²) >= 11 is 0. The van der Waals surface area contributed by atoms with Crippen molar-refractivity contribution in [3.8, 4) is 5.75 Å². The van der Waals surface area contributed by atoms with Gasteiger partial charge in [0.1, 0.15) is 5.75 Å². The molecule has 2 saturated heterocycles. The maximum absolute atomic E-state index is 6.64. The van der Waals surface area contributed by atoms with Gasteiger partial charge in [-0.15, -0.1) is 0 Å². The fraction of sp³-hybridized carbons (Fsp3) is 0.667. The number of benzene rings is 1. The van der Waals surface area contributed by atoms with Crippen molar-refractivity contribution >= 4 is 0 Å². The van der Waals surface area contributed by atoms with Crippen molar-refractivity contribution in [2.45, 2.75) is 57.2 Å². The predicted molar refractivity (Wildman–Crippen MR) is 86.5 cm³/mol. The summed E-state index contributed by atoms with van der Waals surface area (Å²) < 4.78 is 5.90. The average molecular weight is 288 g/mol. The number of rotatable bonds is 5. The first-order chi connectivity index (χ1) is 10.2. The van der Waals surface area contributed by atoms with Crippen LogP contribution in [0.25, 0.3) is 0 Å². The van der Waals surface area contributed by atoms with Crippen LogP contribution in [0.3, 0.4) is 0 Å². The van der Waals surface area contributed by atoms with E-state index in [4.69, 9.17) is 10.5 Å². The van der Waals surface area contributed by atoms with Gasteiger partial charge in [0, 0.05) is 23.7 Å². The largest absolute Gasteiger partial charge is 0.493 e. The average Bonchev–Trinajstić information content (AvgIpc) is 2.74. The maximum atomic E-state index is 6.64. The van der Waals surface area contributed by atoms with Crippen LogP contribution in [0.2, 0.25) is 0 Å². The molecule has 1 aromatic carbocycles. The maximum Gasteiger partial charge on any atom is 0.124 e. The van der Waals surface area contributed by atoms with Crippen molar-refractivity contribution in [2.24, 2.45) is 11.7 Å². The second-order valence-electron chi connectivity index (χ2n) is 6.69. The molecular formula is C18H28N2O. The van der Waals surface area contributed by atoms with Gasteiger partial charge in [-0.25, -0.2) is 0 Å². The second kappa shape index (κ2) is 6.37. The Bertz CT molecular complexity index is 462. The number of hydrogen-bond donors (Lipinski definition) is 1. The zero-order valence-corrected chi connectivity index (χ0v) is 13.3. The summed E-state index contributed by atoms with van der Waals surface area (Å²) in [7, 11) is 2.28. The standard InChI is InChI=1S/C18H28N2O/c1-3-10-21-17-7-5-4-6-16(17)18(19)13-11-14-8-9-15(12-13)20(14)2/h4-7,13-15,18H,3,8-12,19H2,1-2H3. The Morgan fingerprint density at radius 1 is 1.24 bits per heavy atom. The van der Waals surface area contributed by atoms with E-state index in [1.807, 2.05) is 6.07 Å². The lowest BCUT2D eigenvalue weighted by molar-refractivity contribution is 0.120. The van der Waals surface area contributed by atoms with Crippen molar-refractivity contribution < 1.29 is 4.74 Å². The molecule has 1 aromatic rings. The van der Waals surface area contributed by atoms with Gasteiger partial charge in [-0.1, -0.05) is 25.1 Å². The van der Waals surface area contributed by atoms with Gasteiger partial charge in [-0.05, 0) is 51.1 Å². The molecule has 2 fully saturated rings. The van der Waals surface area contributed by atoms with Gasteiger partial charge in [0.15, 0.2) is 0 Å². The van der Waals surface area contributed by atoms with Crippen LogP contribution in [0.4, 0.5) is 0 Å². The Kier molecular flexibility index (Phi) is 4.51. The lowest BCUT2D eigenvalue weighted by Gasteiger charge is -2.39. The van der Waals surface area contributed by atoms with E-state index in [1.54, 1.807) is 0 Å². The van der Waals surface area contributed by atoms with E-state index in [9.17, 15) is 0 Å². The molecule has 0 aliphatic carbocycles. The number of nitrogens with two attached hydrogens (primary N) is 1. The van der Waals surface area contributed by atoms with Gasteiger partial charge in [0.2, 0.25) is 0 Å². The lowest BCUT2D eigenvalue weighted by Crippen LogP contribution is -2.42. The Hall–Kier alpha value is -1.06. The van der Waals surface area contributed by atoms with Crippen LogP contribution in [0.5, 0.6) is 5.75 Å². The van der Waals surface area contributed by atoms with Crippen LogP contribution in [0, 0.1) is 5.92 Å². The highest BCUT2D eigenvalue weighted by molar-refractivity contribution is 5.36. The first kappa shape index (κ1) is 14.9. The molecule has 3 atom stereocenters. The van der Waals surface area contributed by atoms with E-state index in [2.05, 4.69) is 37.1 Å². The zero-order chi connectivity index (χ0) is 14.8. The van der Waals surface area contributed by atoms with Crippen LogP contribution < -0.4 is 10.5 Å². The molecule has 2 heterocycles. The van der Waals surface area contributed by atoms with Gasteiger partial charge in [0.05, 0.1) is 6.61 Å². The highest BCUT2D eigenvalue weighted by atomic mass is 16.5. The third kappa shape index (κ3) is 2.95. The number of para-hydroxylation sites is 1. The molecule has 0 radical (unpaired) electrons. The molecule has 3 heteroatoms. The molecule has 21 heavy (non-hydrogen) atoms. The number of fused-ring (bicyclic) bond motifs is 2. The third-order valence-electron chi connectivity index (χ3n) is 5.38. The fourth-order valence-corrected chi connectivity index (χ4v) is 4.10. The normalized spacial score (nSPS) is 30.3. The predicted octanol–water partition coefficient (Wildman–Crippen LogP) is 3.35. The number of nitrogens with zero attached hydrogens (tertiary/aromatic N) is 1. The molecule has 2 bridgehead atoms. The number of ether oxygens (including phenoxy) is 1. The molecule has 0 aromatic heterocycles. The minimum Gasteiger partial charge on any atom is -0.493 e. The summed E-state index contributed by atoms with van der Waals surface area (Å²) in [5.74, 6) is 1.57. The third-order valence-corrected chi connectivity index (χ3v) is 5.38. The molecule has 2 aliphatic heterocycles. The van der Waals surface area contributed by atoms with E-state index in [-0.39, 0.29) is 6.04 Å². The summed E-state index contributed by atoms with van der Waals surface area (Å²) in [4.78, 5) is 2.57. The van der Waals surface area contributed by atoms with E-state index in [1.165, 1.54) is 31.2 Å². The van der Waals surface area contributed by atoms with Crippen molar-refractivity contribution in [2.75, 3.05) is 13.7 Å². The number of piperidine rings is 1. The molecular weight excluding hydrogens is 260 g/mol. The molecule has 0 saturated carbocycles. The summed E-state index contributed by atoms with van der Waals surface area (Å²) in [5, 5.41) is 0. The first-order valence-corrected chi connectivity index (χ1v) is 8.40. The second-order valence-corrected chi connectivity index (χ2v) is 6.69. The summed E-state index contributed by atoms with van der Waals surface area (Å²) in [6.45, 7) is 2.90. The fourth-order valence-electron chi connectivity index (χ4n) is 4.10. The number of hydrogen-bond acceptors (Lipinski definition) is 3. The lowest BCUT2D eigenvalue weighted by atomic mass is 9.82. The molecule has 2 N–H and O–H groups in total. The smallest absolute Gasteiger partial charge is 0.124 e. The monoisotopic (exact) mass is 288 g/mol. The van der Waals surface area contributed by atoms with Crippen LogP contribution >= 0.6 is 0 Å². The minimum absolute atomic E-state index is 0.106. The molecule has 2 aliphatic rings. The minimum atomic E-state index is 0.106. The van der Waals surface area contributed by atoms with Crippen LogP contribution in [-0.4, -0.2) is 30.6 Å². The molecule has 0 amide bonds.